The Morgan fingerprint density at radius 1 is 1.02 bits per heavy atom. The van der Waals surface area contributed by atoms with Crippen LogP contribution in [-0.2, 0) is 25.1 Å². The van der Waals surface area contributed by atoms with Gasteiger partial charge in [0.2, 0.25) is 5.91 Å². The molecule has 0 unspecified atom stereocenters. The predicted molar refractivity (Wildman–Crippen MR) is 161 cm³/mol. The van der Waals surface area contributed by atoms with Gasteiger partial charge in [-0.15, -0.1) is 0 Å². The van der Waals surface area contributed by atoms with E-state index in [4.69, 9.17) is 9.47 Å². The molecule has 0 radical (unpaired) electrons. The predicted octanol–water partition coefficient (Wildman–Crippen LogP) is 5.39. The summed E-state index contributed by atoms with van der Waals surface area (Å²) in [6.45, 7) is 10.5. The van der Waals surface area contributed by atoms with Crippen LogP contribution in [0.15, 0.2) is 54.1 Å². The Kier molecular flexibility index (Phi) is 6.37. The van der Waals surface area contributed by atoms with Crippen LogP contribution in [0.1, 0.15) is 70.2 Å². The van der Waals surface area contributed by atoms with Crippen LogP contribution in [0.2, 0.25) is 0 Å². The molecule has 0 saturated carbocycles. The number of anilines is 2. The zero-order valence-corrected chi connectivity index (χ0v) is 25.5. The van der Waals surface area contributed by atoms with E-state index in [1.165, 1.54) is 7.11 Å². The number of amides is 3. The Balaban J connectivity index is 1.71. The first-order valence-corrected chi connectivity index (χ1v) is 14.6. The number of nitrogens with zero attached hydrogens (tertiary/aromatic N) is 3. The van der Waals surface area contributed by atoms with E-state index in [1.807, 2.05) is 72.0 Å². The summed E-state index contributed by atoms with van der Waals surface area (Å²) in [5, 5.41) is 3.16. The standard InChI is InChI=1S/C33H40N4O5/c1-20(2)19-25-21-11-10-14-24-26(21)33(16-18-36(25)29(39)42-31(3,4)5)28(35(24)6)37(30(40)41-7)23-13-9-8-12-22(23)32(33)15-17-34-27(32)38/h8-14,19,25,28H,15-18H2,1-7H3,(H,34,38)/t25-,28+,32+,33+/m1/s1. The maximum absolute atomic E-state index is 14.4. The van der Waals surface area contributed by atoms with Crippen molar-refractivity contribution in [3.8, 4) is 0 Å². The van der Waals surface area contributed by atoms with E-state index in [0.29, 0.717) is 31.6 Å². The third kappa shape index (κ3) is 3.64. The van der Waals surface area contributed by atoms with E-state index in [0.717, 1.165) is 28.0 Å². The average molecular weight is 573 g/mol. The van der Waals surface area contributed by atoms with Crippen LogP contribution >= 0.6 is 0 Å². The first kappa shape index (κ1) is 28.1. The van der Waals surface area contributed by atoms with E-state index in [-0.39, 0.29) is 5.91 Å². The first-order valence-electron chi connectivity index (χ1n) is 14.6. The number of benzene rings is 2. The maximum atomic E-state index is 14.4. The number of para-hydroxylation sites is 1. The number of likely N-dealkylation sites (N-methyl/N-ethyl adjacent to an activating group) is 1. The van der Waals surface area contributed by atoms with Gasteiger partial charge in [0.1, 0.15) is 11.8 Å². The second-order valence-corrected chi connectivity index (χ2v) is 13.1. The minimum atomic E-state index is -0.978. The molecule has 2 aromatic carbocycles. The molecule has 0 bridgehead atoms. The molecule has 4 heterocycles. The van der Waals surface area contributed by atoms with Gasteiger partial charge in [-0.25, -0.2) is 9.59 Å². The molecule has 1 N–H and O–H groups in total. The Morgan fingerprint density at radius 2 is 1.74 bits per heavy atom. The van der Waals surface area contributed by atoms with Crippen LogP contribution in [0.3, 0.4) is 0 Å². The molecule has 2 spiro atoms. The summed E-state index contributed by atoms with van der Waals surface area (Å²) in [5.74, 6) is -0.0509. The number of hydrogen-bond donors (Lipinski definition) is 1. The molecule has 9 heteroatoms. The van der Waals surface area contributed by atoms with Crippen molar-refractivity contribution in [1.82, 2.24) is 10.2 Å². The maximum Gasteiger partial charge on any atom is 0.415 e. The molecule has 1 saturated heterocycles. The van der Waals surface area contributed by atoms with Gasteiger partial charge in [-0.1, -0.05) is 42.0 Å². The highest BCUT2D eigenvalue weighted by atomic mass is 16.6. The van der Waals surface area contributed by atoms with E-state index >= 15 is 0 Å². The number of carbonyl (C=O) groups excluding carboxylic acids is 3. The second-order valence-electron chi connectivity index (χ2n) is 13.1. The molecule has 9 nitrogen and oxygen atoms in total. The third-order valence-corrected chi connectivity index (χ3v) is 9.40. The van der Waals surface area contributed by atoms with E-state index in [9.17, 15) is 14.4 Å². The van der Waals surface area contributed by atoms with Crippen LogP contribution in [0, 0.1) is 0 Å². The fourth-order valence-electron chi connectivity index (χ4n) is 8.12. The van der Waals surface area contributed by atoms with Crippen LogP contribution in [0.25, 0.3) is 0 Å². The molecule has 2 aromatic rings. The van der Waals surface area contributed by atoms with Crippen molar-refractivity contribution in [2.45, 2.75) is 76.1 Å². The van der Waals surface area contributed by atoms with Gasteiger partial charge in [-0.3, -0.25) is 14.6 Å². The normalized spacial score (nSPS) is 27.5. The molecule has 0 aromatic heterocycles. The number of carbonyl (C=O) groups is 3. The van der Waals surface area contributed by atoms with Crippen molar-refractivity contribution in [2.75, 3.05) is 37.0 Å². The second kappa shape index (κ2) is 9.51. The molecule has 4 aliphatic heterocycles. The third-order valence-electron chi connectivity index (χ3n) is 9.40. The van der Waals surface area contributed by atoms with Gasteiger partial charge >= 0.3 is 12.2 Å². The molecule has 1 fully saturated rings. The van der Waals surface area contributed by atoms with Crippen molar-refractivity contribution >= 4 is 29.5 Å². The summed E-state index contributed by atoms with van der Waals surface area (Å²) in [5.41, 5.74) is 2.88. The van der Waals surface area contributed by atoms with Crippen LogP contribution in [0.5, 0.6) is 0 Å². The van der Waals surface area contributed by atoms with Gasteiger partial charge in [0, 0.05) is 25.8 Å². The lowest BCUT2D eigenvalue weighted by atomic mass is 9.51. The van der Waals surface area contributed by atoms with Gasteiger partial charge in [0.15, 0.2) is 0 Å². The minimum absolute atomic E-state index is 0.0509. The number of nitrogens with one attached hydrogen (secondary N) is 1. The van der Waals surface area contributed by atoms with Crippen molar-refractivity contribution in [2.24, 2.45) is 0 Å². The summed E-state index contributed by atoms with van der Waals surface area (Å²) in [4.78, 5) is 47.7. The van der Waals surface area contributed by atoms with Gasteiger partial charge in [0.05, 0.1) is 29.7 Å². The lowest BCUT2D eigenvalue weighted by molar-refractivity contribution is -0.127. The number of allylic oxidation sites excluding steroid dienone is 1. The van der Waals surface area contributed by atoms with Crippen molar-refractivity contribution in [3.63, 3.8) is 0 Å². The highest BCUT2D eigenvalue weighted by Crippen LogP contribution is 2.67. The van der Waals surface area contributed by atoms with Gasteiger partial charge < -0.3 is 19.7 Å². The zero-order valence-electron chi connectivity index (χ0n) is 25.5. The van der Waals surface area contributed by atoms with E-state index in [1.54, 1.807) is 9.80 Å². The Morgan fingerprint density at radius 3 is 2.38 bits per heavy atom. The van der Waals surface area contributed by atoms with Crippen molar-refractivity contribution in [3.05, 3.63) is 70.8 Å². The SMILES string of the molecule is COC(=O)N1c2ccccc2[C@]2(CCNC2=O)[C@@]23CCN(C(=O)OC(C)(C)C)[C@H](C=C(C)C)c4cccc(c42)N(C)[C@@H]13. The van der Waals surface area contributed by atoms with Gasteiger partial charge in [-0.2, -0.15) is 0 Å². The number of hydrogen-bond acceptors (Lipinski definition) is 6. The summed E-state index contributed by atoms with van der Waals surface area (Å²) in [7, 11) is 3.38. The minimum Gasteiger partial charge on any atom is -0.452 e. The molecular formula is C33H40N4O5. The van der Waals surface area contributed by atoms with Crippen LogP contribution in [0.4, 0.5) is 21.0 Å². The van der Waals surface area contributed by atoms with Crippen molar-refractivity contribution in [1.29, 1.82) is 0 Å². The average Bonchev–Trinajstić information content (AvgIpc) is 3.39. The summed E-state index contributed by atoms with van der Waals surface area (Å²) in [6, 6.07) is 13.4. The summed E-state index contributed by atoms with van der Waals surface area (Å²) < 4.78 is 11.4. The van der Waals surface area contributed by atoms with Gasteiger partial charge in [0.25, 0.3) is 0 Å². The Bertz CT molecular complexity index is 1510. The molecule has 3 amide bonds. The van der Waals surface area contributed by atoms with Gasteiger partial charge in [-0.05, 0) is 76.3 Å². The van der Waals surface area contributed by atoms with Crippen LogP contribution < -0.4 is 15.1 Å². The molecular weight excluding hydrogens is 532 g/mol. The quantitative estimate of drug-likeness (QED) is 0.461. The fraction of sp³-hybridized carbons (Fsp3) is 0.485. The molecule has 42 heavy (non-hydrogen) atoms. The molecule has 0 aliphatic carbocycles. The molecule has 4 atom stereocenters. The monoisotopic (exact) mass is 572 g/mol. The Hall–Kier alpha value is -4.01. The number of ether oxygens (including phenoxy) is 2. The number of fused-ring (bicyclic) bond motifs is 2. The largest absolute Gasteiger partial charge is 0.452 e. The molecule has 4 aliphatic rings. The zero-order chi connectivity index (χ0) is 30.2. The smallest absolute Gasteiger partial charge is 0.415 e. The van der Waals surface area contributed by atoms with E-state index in [2.05, 4.69) is 28.4 Å². The molecule has 6 rings (SSSR count). The number of rotatable bonds is 1. The summed E-state index contributed by atoms with van der Waals surface area (Å²) in [6.07, 6.45) is 1.64. The highest BCUT2D eigenvalue weighted by Gasteiger charge is 2.73. The highest BCUT2D eigenvalue weighted by molar-refractivity contribution is 6.02. The summed E-state index contributed by atoms with van der Waals surface area (Å²) >= 11 is 0. The topological polar surface area (TPSA) is 91.4 Å². The lowest BCUT2D eigenvalue weighted by Crippen LogP contribution is -2.70. The molecule has 222 valence electrons. The number of methoxy groups -OCH3 is 1. The fourth-order valence-corrected chi connectivity index (χ4v) is 8.12. The van der Waals surface area contributed by atoms with Crippen LogP contribution in [-0.4, -0.2) is 62.0 Å². The Labute approximate surface area is 247 Å². The van der Waals surface area contributed by atoms with Crippen molar-refractivity contribution < 1.29 is 23.9 Å². The lowest BCUT2D eigenvalue weighted by Gasteiger charge is -2.56. The first-order chi connectivity index (χ1) is 19.9. The van der Waals surface area contributed by atoms with E-state index < -0.39 is 40.8 Å².